The lowest BCUT2D eigenvalue weighted by Crippen LogP contribution is -2.49. The summed E-state index contributed by atoms with van der Waals surface area (Å²) in [6, 6.07) is 14.6. The van der Waals surface area contributed by atoms with Crippen LogP contribution in [0.3, 0.4) is 0 Å². The van der Waals surface area contributed by atoms with Crippen molar-refractivity contribution in [3.63, 3.8) is 0 Å². The first-order valence-corrected chi connectivity index (χ1v) is 8.39. The topological polar surface area (TPSA) is 106 Å². The smallest absolute Gasteiger partial charge is 0.352 e. The number of aryl methyl sites for hydroxylation is 1. The molecule has 0 radical (unpaired) electrons. The second-order valence-corrected chi connectivity index (χ2v) is 5.99. The molecule has 0 aromatic heterocycles. The molecule has 0 saturated carbocycles. The van der Waals surface area contributed by atoms with Crippen LogP contribution >= 0.6 is 0 Å². The zero-order valence-corrected chi connectivity index (χ0v) is 15.8. The van der Waals surface area contributed by atoms with E-state index in [4.69, 9.17) is 21.3 Å². The van der Waals surface area contributed by atoms with Crippen LogP contribution in [0.1, 0.15) is 23.6 Å². The van der Waals surface area contributed by atoms with Gasteiger partial charge in [0.25, 0.3) is 0 Å². The van der Waals surface area contributed by atoms with Gasteiger partial charge in [-0.15, -0.1) is 0 Å². The van der Waals surface area contributed by atoms with Crippen LogP contribution < -0.4 is 16.7 Å². The van der Waals surface area contributed by atoms with Crippen LogP contribution in [0.25, 0.3) is 0 Å². The van der Waals surface area contributed by atoms with E-state index in [2.05, 4.69) is 5.16 Å². The number of oxime groups is 1. The first kappa shape index (κ1) is 20.2. The first-order valence-electron chi connectivity index (χ1n) is 8.39. The van der Waals surface area contributed by atoms with Crippen LogP contribution in [0.15, 0.2) is 53.7 Å². The summed E-state index contributed by atoms with van der Waals surface area (Å²) in [6.07, 6.45) is 0. The number of nitrogens with zero attached hydrogens (tertiary/aromatic N) is 3. The molecule has 0 unspecified atom stereocenters. The summed E-state index contributed by atoms with van der Waals surface area (Å²) in [5, 5.41) is 5.86. The molecule has 144 valence electrons. The van der Waals surface area contributed by atoms with Crippen molar-refractivity contribution >= 4 is 17.6 Å². The quantitative estimate of drug-likeness (QED) is 0.267. The van der Waals surface area contributed by atoms with E-state index in [1.807, 2.05) is 43.3 Å². The molecule has 0 spiro atoms. The molecule has 2 rings (SSSR count). The highest BCUT2D eigenvalue weighted by atomic mass is 16.6. The second-order valence-electron chi connectivity index (χ2n) is 5.99. The number of hydrazine groups is 2. The van der Waals surface area contributed by atoms with Gasteiger partial charge in [0.15, 0.2) is 0 Å². The van der Waals surface area contributed by atoms with E-state index >= 15 is 0 Å². The van der Waals surface area contributed by atoms with Crippen LogP contribution in [0.5, 0.6) is 0 Å². The van der Waals surface area contributed by atoms with E-state index < -0.39 is 6.03 Å². The Morgan fingerprint density at radius 2 is 1.78 bits per heavy atom. The van der Waals surface area contributed by atoms with Gasteiger partial charge in [-0.2, -0.15) is 0 Å². The van der Waals surface area contributed by atoms with Crippen molar-refractivity contribution in [3.05, 3.63) is 65.2 Å². The molecule has 0 fully saturated rings. The summed E-state index contributed by atoms with van der Waals surface area (Å²) in [5.41, 5.74) is 3.18. The third-order valence-electron chi connectivity index (χ3n) is 3.85. The number of amides is 2. The van der Waals surface area contributed by atoms with Gasteiger partial charge in [-0.25, -0.2) is 21.5 Å². The predicted octanol–water partition coefficient (Wildman–Crippen LogP) is 2.67. The average molecular weight is 371 g/mol. The fraction of sp³-hybridized carbons (Fsp3) is 0.263. The van der Waals surface area contributed by atoms with Gasteiger partial charge in [-0.05, 0) is 24.1 Å². The van der Waals surface area contributed by atoms with Crippen LogP contribution in [-0.2, 0) is 22.8 Å². The Labute approximate surface area is 158 Å². The van der Waals surface area contributed by atoms with Gasteiger partial charge < -0.3 is 9.57 Å². The molecule has 2 aromatic rings. The third kappa shape index (κ3) is 5.70. The Morgan fingerprint density at radius 3 is 2.44 bits per heavy atom. The van der Waals surface area contributed by atoms with Gasteiger partial charge >= 0.3 is 6.03 Å². The summed E-state index contributed by atoms with van der Waals surface area (Å²) in [4.78, 5) is 17.4. The van der Waals surface area contributed by atoms with E-state index in [-0.39, 0.29) is 6.61 Å². The summed E-state index contributed by atoms with van der Waals surface area (Å²) in [7, 11) is 1.42. The number of rotatable bonds is 6. The van der Waals surface area contributed by atoms with Crippen molar-refractivity contribution in [2.75, 3.05) is 12.1 Å². The van der Waals surface area contributed by atoms with Crippen molar-refractivity contribution < 1.29 is 14.4 Å². The maximum atomic E-state index is 12.0. The van der Waals surface area contributed by atoms with Crippen molar-refractivity contribution in [1.82, 2.24) is 5.01 Å². The predicted molar refractivity (Wildman–Crippen MR) is 104 cm³/mol. The van der Waals surface area contributed by atoms with Gasteiger partial charge in [0, 0.05) is 19.5 Å². The fourth-order valence-electron chi connectivity index (χ4n) is 2.35. The summed E-state index contributed by atoms with van der Waals surface area (Å²) >= 11 is 0. The van der Waals surface area contributed by atoms with E-state index in [1.54, 1.807) is 19.1 Å². The lowest BCUT2D eigenvalue weighted by molar-refractivity contribution is 0.117. The zero-order chi connectivity index (χ0) is 19.8. The maximum Gasteiger partial charge on any atom is 0.352 e. The molecule has 27 heavy (non-hydrogen) atoms. The number of anilines is 1. The highest BCUT2D eigenvalue weighted by Gasteiger charge is 2.18. The van der Waals surface area contributed by atoms with Crippen LogP contribution in [0, 0.1) is 6.92 Å². The molecule has 4 N–H and O–H groups in total. The molecule has 2 aromatic carbocycles. The Balaban J connectivity index is 2.01. The highest BCUT2D eigenvalue weighted by Crippen LogP contribution is 2.23. The molecule has 8 nitrogen and oxygen atoms in total. The van der Waals surface area contributed by atoms with E-state index in [9.17, 15) is 4.79 Å². The van der Waals surface area contributed by atoms with Crippen molar-refractivity contribution in [1.29, 1.82) is 0 Å². The van der Waals surface area contributed by atoms with Gasteiger partial charge in [-0.1, -0.05) is 47.6 Å². The van der Waals surface area contributed by atoms with Crippen LogP contribution in [-0.4, -0.2) is 24.0 Å². The van der Waals surface area contributed by atoms with Gasteiger partial charge in [0.1, 0.15) is 13.2 Å². The van der Waals surface area contributed by atoms with Crippen molar-refractivity contribution in [3.8, 4) is 0 Å². The molecule has 0 heterocycles. The fourth-order valence-corrected chi connectivity index (χ4v) is 2.35. The molecule has 0 atom stereocenters. The third-order valence-corrected chi connectivity index (χ3v) is 3.85. The molecule has 0 aliphatic heterocycles. The highest BCUT2D eigenvalue weighted by molar-refractivity contribution is 5.91. The molecule has 2 amide bonds. The molecule has 8 heteroatoms. The normalized spacial score (nSPS) is 11.1. The Hall–Kier alpha value is -3.10. The van der Waals surface area contributed by atoms with Gasteiger partial charge in [-0.3, -0.25) is 5.01 Å². The Bertz CT molecular complexity index is 793. The summed E-state index contributed by atoms with van der Waals surface area (Å²) in [6.45, 7) is 4.14. The molecular formula is C19H25N5O3. The SMILES string of the molecule is C/C(=N\OCc1c(C)cccc1N(N)C(=O)N(C)N)OCc1ccccc1. The minimum Gasteiger partial charge on any atom is -0.474 e. The lowest BCUT2D eigenvalue weighted by atomic mass is 10.1. The van der Waals surface area contributed by atoms with Crippen LogP contribution in [0.2, 0.25) is 0 Å². The molecule has 0 aliphatic carbocycles. The number of carbonyl (C=O) groups excluding carboxylic acids is 1. The largest absolute Gasteiger partial charge is 0.474 e. The number of hydrogen-bond donors (Lipinski definition) is 2. The van der Waals surface area contributed by atoms with Crippen molar-refractivity contribution in [2.24, 2.45) is 16.8 Å². The summed E-state index contributed by atoms with van der Waals surface area (Å²) in [5.74, 6) is 11.8. The number of ether oxygens (including phenoxy) is 1. The monoisotopic (exact) mass is 371 g/mol. The standard InChI is InChI=1S/C19H25N5O3/c1-14-8-7-11-18(24(21)19(25)23(3)20)17(14)13-27-22-15(2)26-12-16-9-5-4-6-10-16/h4-11H,12-13,20-21H2,1-3H3/b22-15+. The molecule has 0 aliphatic rings. The number of urea groups is 1. The average Bonchev–Trinajstić information content (AvgIpc) is 2.67. The Kier molecular flexibility index (Phi) is 7.16. The number of hydrogen-bond acceptors (Lipinski definition) is 6. The molecular weight excluding hydrogens is 346 g/mol. The van der Waals surface area contributed by atoms with Gasteiger partial charge in [0.05, 0.1) is 5.69 Å². The zero-order valence-electron chi connectivity index (χ0n) is 15.8. The van der Waals surface area contributed by atoms with Gasteiger partial charge in [0.2, 0.25) is 5.90 Å². The molecule has 0 bridgehead atoms. The minimum absolute atomic E-state index is 0.128. The number of benzene rings is 2. The maximum absolute atomic E-state index is 12.0. The number of nitrogens with two attached hydrogens (primary N) is 2. The van der Waals surface area contributed by atoms with Crippen LogP contribution in [0.4, 0.5) is 10.5 Å². The molecule has 0 saturated heterocycles. The van der Waals surface area contributed by atoms with E-state index in [0.29, 0.717) is 18.2 Å². The number of carbonyl (C=O) groups is 1. The Morgan fingerprint density at radius 1 is 1.07 bits per heavy atom. The first-order chi connectivity index (χ1) is 12.9. The van der Waals surface area contributed by atoms with E-state index in [0.717, 1.165) is 26.7 Å². The lowest BCUT2D eigenvalue weighted by Gasteiger charge is -2.23. The summed E-state index contributed by atoms with van der Waals surface area (Å²) < 4.78 is 5.56. The minimum atomic E-state index is -0.548. The van der Waals surface area contributed by atoms with Crippen molar-refractivity contribution in [2.45, 2.75) is 27.1 Å². The van der Waals surface area contributed by atoms with E-state index in [1.165, 1.54) is 7.05 Å². The second kappa shape index (κ2) is 9.56.